The lowest BCUT2D eigenvalue weighted by Crippen LogP contribution is -2.27. The van der Waals surface area contributed by atoms with Crippen molar-refractivity contribution in [3.63, 3.8) is 0 Å². The fourth-order valence-corrected chi connectivity index (χ4v) is 4.96. The van der Waals surface area contributed by atoms with Gasteiger partial charge in [-0.15, -0.1) is 0 Å². The molecule has 0 unspecified atom stereocenters. The summed E-state index contributed by atoms with van der Waals surface area (Å²) in [6.45, 7) is 8.85. The first-order valence-electron chi connectivity index (χ1n) is 12.2. The molecule has 1 N–H and O–H groups in total. The van der Waals surface area contributed by atoms with E-state index >= 15 is 0 Å². The first-order chi connectivity index (χ1) is 16.4. The number of nitrogens with one attached hydrogen (secondary N) is 1. The summed E-state index contributed by atoms with van der Waals surface area (Å²) in [5, 5.41) is 3.07. The van der Waals surface area contributed by atoms with Gasteiger partial charge in [0.1, 0.15) is 0 Å². The molecule has 5 nitrogen and oxygen atoms in total. The van der Waals surface area contributed by atoms with Crippen LogP contribution in [0.25, 0.3) is 0 Å². The van der Waals surface area contributed by atoms with E-state index in [0.717, 1.165) is 48.3 Å². The molecule has 0 aliphatic carbocycles. The van der Waals surface area contributed by atoms with Crippen molar-refractivity contribution in [1.29, 1.82) is 0 Å². The van der Waals surface area contributed by atoms with Crippen LogP contribution in [0.2, 0.25) is 0 Å². The first-order valence-corrected chi connectivity index (χ1v) is 14.0. The number of amides is 2. The minimum Gasteiger partial charge on any atom is -0.320 e. The summed E-state index contributed by atoms with van der Waals surface area (Å²) >= 11 is 5.74. The predicted octanol–water partition coefficient (Wildman–Crippen LogP) is 6.34. The topological polar surface area (TPSA) is 52.7 Å². The Balaban J connectivity index is 0.000000196. The highest BCUT2D eigenvalue weighted by molar-refractivity contribution is 14.1. The standard InChI is InChI=1S/C11H12BrNO.C11H12INO.C5H13N/c2*1-2-11(14)13-6-5-8-7-9(12)3-4-10(8)13;1-3-4-5-6-2/h2*3-4,7H,2,5-6H2,1H3;6H,3-5H2,1-2H3. The fourth-order valence-electron chi connectivity index (χ4n) is 3.99. The van der Waals surface area contributed by atoms with Crippen LogP contribution in [0.5, 0.6) is 0 Å². The summed E-state index contributed by atoms with van der Waals surface area (Å²) in [7, 11) is 1.98. The van der Waals surface area contributed by atoms with E-state index in [1.807, 2.05) is 42.8 Å². The molecule has 2 aromatic carbocycles. The molecule has 2 amide bonds. The SMILES string of the molecule is CCC(=O)N1CCc2cc(Br)ccc21.CCC(=O)N1CCc2cc(I)ccc21.CCCCNC. The van der Waals surface area contributed by atoms with Gasteiger partial charge < -0.3 is 15.1 Å². The summed E-state index contributed by atoms with van der Waals surface area (Å²) in [4.78, 5) is 26.9. The number of halogens is 2. The Hall–Kier alpha value is -1.45. The molecule has 2 aliphatic heterocycles. The van der Waals surface area contributed by atoms with E-state index in [1.165, 1.54) is 27.5 Å². The van der Waals surface area contributed by atoms with Crippen LogP contribution in [0.1, 0.15) is 57.6 Å². The van der Waals surface area contributed by atoms with Crippen molar-refractivity contribution in [3.05, 3.63) is 55.6 Å². The normalized spacial score (nSPS) is 13.4. The van der Waals surface area contributed by atoms with Gasteiger partial charge >= 0.3 is 0 Å². The summed E-state index contributed by atoms with van der Waals surface area (Å²) < 4.78 is 2.33. The van der Waals surface area contributed by atoms with E-state index < -0.39 is 0 Å². The molecule has 2 aromatic rings. The van der Waals surface area contributed by atoms with E-state index in [1.54, 1.807) is 0 Å². The molecule has 7 heteroatoms. The van der Waals surface area contributed by atoms with E-state index in [9.17, 15) is 9.59 Å². The van der Waals surface area contributed by atoms with Crippen molar-refractivity contribution in [3.8, 4) is 0 Å². The lowest BCUT2D eigenvalue weighted by atomic mass is 10.2. The summed E-state index contributed by atoms with van der Waals surface area (Å²) in [5.41, 5.74) is 4.76. The molecular formula is C27H37BrIN3O2. The van der Waals surface area contributed by atoms with Crippen LogP contribution in [0.4, 0.5) is 11.4 Å². The number of carbonyl (C=O) groups is 2. The highest BCUT2D eigenvalue weighted by Crippen LogP contribution is 2.31. The highest BCUT2D eigenvalue weighted by atomic mass is 127. The van der Waals surface area contributed by atoms with Crippen molar-refractivity contribution >= 4 is 61.7 Å². The predicted molar refractivity (Wildman–Crippen MR) is 155 cm³/mol. The molecule has 0 fully saturated rings. The van der Waals surface area contributed by atoms with Gasteiger partial charge in [-0.2, -0.15) is 0 Å². The second-order valence-electron chi connectivity index (χ2n) is 8.30. The molecule has 34 heavy (non-hydrogen) atoms. The molecule has 0 atom stereocenters. The summed E-state index contributed by atoms with van der Waals surface area (Å²) in [6, 6.07) is 12.4. The minimum absolute atomic E-state index is 0.214. The average molecular weight is 642 g/mol. The molecule has 0 radical (unpaired) electrons. The van der Waals surface area contributed by atoms with Crippen LogP contribution >= 0.6 is 38.5 Å². The number of unbranched alkanes of at least 4 members (excludes halogenated alkanes) is 1. The largest absolute Gasteiger partial charge is 0.320 e. The van der Waals surface area contributed by atoms with Gasteiger partial charge in [-0.3, -0.25) is 9.59 Å². The molecule has 4 rings (SSSR count). The van der Waals surface area contributed by atoms with Crippen molar-refractivity contribution in [2.75, 3.05) is 36.5 Å². The van der Waals surface area contributed by atoms with Crippen LogP contribution in [0, 0.1) is 3.57 Å². The zero-order valence-electron chi connectivity index (χ0n) is 20.8. The van der Waals surface area contributed by atoms with Crippen molar-refractivity contribution in [1.82, 2.24) is 5.32 Å². The van der Waals surface area contributed by atoms with E-state index in [4.69, 9.17) is 0 Å². The van der Waals surface area contributed by atoms with Crippen LogP contribution in [-0.4, -0.2) is 38.5 Å². The van der Waals surface area contributed by atoms with Gasteiger partial charge in [-0.1, -0.05) is 43.1 Å². The number of anilines is 2. The van der Waals surface area contributed by atoms with Crippen LogP contribution < -0.4 is 15.1 Å². The number of hydrogen-bond acceptors (Lipinski definition) is 3. The van der Waals surface area contributed by atoms with Crippen LogP contribution in [-0.2, 0) is 22.4 Å². The second kappa shape index (κ2) is 14.8. The Morgan fingerprint density at radius 3 is 1.91 bits per heavy atom. The van der Waals surface area contributed by atoms with Gasteiger partial charge in [0.15, 0.2) is 0 Å². The van der Waals surface area contributed by atoms with Crippen LogP contribution in [0.15, 0.2) is 40.9 Å². The highest BCUT2D eigenvalue weighted by Gasteiger charge is 2.24. The van der Waals surface area contributed by atoms with E-state index in [-0.39, 0.29) is 11.8 Å². The first kappa shape index (κ1) is 28.8. The van der Waals surface area contributed by atoms with Gasteiger partial charge in [0.05, 0.1) is 0 Å². The van der Waals surface area contributed by atoms with Gasteiger partial charge in [-0.05, 0) is 103 Å². The third kappa shape index (κ3) is 8.05. The average Bonchev–Trinajstić information content (AvgIpc) is 3.46. The monoisotopic (exact) mass is 641 g/mol. The van der Waals surface area contributed by atoms with Crippen molar-refractivity contribution < 1.29 is 9.59 Å². The molecule has 2 heterocycles. The number of rotatable bonds is 5. The number of hydrogen-bond donors (Lipinski definition) is 1. The van der Waals surface area contributed by atoms with Crippen LogP contribution in [0.3, 0.4) is 0 Å². The lowest BCUT2D eigenvalue weighted by Gasteiger charge is -2.16. The Morgan fingerprint density at radius 2 is 1.44 bits per heavy atom. The Morgan fingerprint density at radius 1 is 0.912 bits per heavy atom. The Bertz CT molecular complexity index is 889. The quantitative estimate of drug-likeness (QED) is 0.306. The molecule has 0 bridgehead atoms. The molecule has 0 saturated carbocycles. The number of benzene rings is 2. The third-order valence-electron chi connectivity index (χ3n) is 5.86. The summed E-state index contributed by atoms with van der Waals surface area (Å²) in [6.07, 6.45) is 5.73. The Labute approximate surface area is 226 Å². The number of carbonyl (C=O) groups excluding carboxylic acids is 2. The molecule has 2 aliphatic rings. The molecule has 186 valence electrons. The van der Waals surface area contributed by atoms with Gasteiger partial charge in [-0.25, -0.2) is 0 Å². The third-order valence-corrected chi connectivity index (χ3v) is 7.03. The molecule has 0 aromatic heterocycles. The second-order valence-corrected chi connectivity index (χ2v) is 10.5. The maximum atomic E-state index is 11.6. The van der Waals surface area contributed by atoms with Gasteiger partial charge in [0, 0.05) is 45.3 Å². The smallest absolute Gasteiger partial charge is 0.226 e. The Kier molecular flexibility index (Phi) is 12.6. The maximum Gasteiger partial charge on any atom is 0.226 e. The molecule has 0 saturated heterocycles. The van der Waals surface area contributed by atoms with Crippen molar-refractivity contribution in [2.24, 2.45) is 0 Å². The summed E-state index contributed by atoms with van der Waals surface area (Å²) in [5.74, 6) is 0.441. The minimum atomic E-state index is 0.214. The van der Waals surface area contributed by atoms with E-state index in [2.05, 4.69) is 75.0 Å². The zero-order valence-corrected chi connectivity index (χ0v) is 24.5. The fraction of sp³-hybridized carbons (Fsp3) is 0.481. The lowest BCUT2D eigenvalue weighted by molar-refractivity contribution is -0.119. The van der Waals surface area contributed by atoms with Crippen molar-refractivity contribution in [2.45, 2.75) is 59.3 Å². The van der Waals surface area contributed by atoms with Gasteiger partial charge in [0.2, 0.25) is 11.8 Å². The molecular weight excluding hydrogens is 605 g/mol. The zero-order chi connectivity index (χ0) is 25.1. The van der Waals surface area contributed by atoms with E-state index in [0.29, 0.717) is 12.8 Å². The molecule has 0 spiro atoms. The maximum absolute atomic E-state index is 11.6. The number of fused-ring (bicyclic) bond motifs is 2. The number of nitrogens with zero attached hydrogens (tertiary/aromatic N) is 2. The van der Waals surface area contributed by atoms with Gasteiger partial charge in [0.25, 0.3) is 0 Å².